The molecule has 4 N–H and O–H groups in total. The van der Waals surface area contributed by atoms with Gasteiger partial charge in [0.05, 0.1) is 18.6 Å². The maximum Gasteiger partial charge on any atom is 0.383 e. The Kier molecular flexibility index (Phi) is 9.38. The van der Waals surface area contributed by atoms with Gasteiger partial charge in [-0.15, -0.1) is 0 Å². The van der Waals surface area contributed by atoms with E-state index in [1.807, 2.05) is 36.4 Å². The number of aliphatic hydroxyl groups is 4. The van der Waals surface area contributed by atoms with Crippen LogP contribution in [0.15, 0.2) is 69.9 Å². The van der Waals surface area contributed by atoms with E-state index >= 15 is 0 Å². The van der Waals surface area contributed by atoms with Gasteiger partial charge in [0.1, 0.15) is 42.4 Å². The molecule has 1 aromatic heterocycles. The molecular weight excluding hydrogens is 496 g/mol. The molecular formula is C28H32O10. The summed E-state index contributed by atoms with van der Waals surface area (Å²) in [7, 11) is 0. The van der Waals surface area contributed by atoms with Crippen molar-refractivity contribution in [2.24, 2.45) is 0 Å². The summed E-state index contributed by atoms with van der Waals surface area (Å²) in [4.78, 5) is 13.1. The van der Waals surface area contributed by atoms with E-state index in [0.29, 0.717) is 17.7 Å². The van der Waals surface area contributed by atoms with Crippen molar-refractivity contribution in [3.05, 3.63) is 76.7 Å². The number of rotatable bonds is 11. The molecule has 4 rings (SSSR count). The SMILES string of the molecule is CCC=CCCOc1ccc2c(OCc3ccccc3)c(O[C@@H]3O[C@H](CO)[C@@H](O)[C@H](O)[C@@H]3O)c(=O)oc2c1. The minimum Gasteiger partial charge on any atom is -0.493 e. The van der Waals surface area contributed by atoms with E-state index in [-0.39, 0.29) is 17.9 Å². The van der Waals surface area contributed by atoms with E-state index < -0.39 is 48.7 Å². The first kappa shape index (κ1) is 27.6. The van der Waals surface area contributed by atoms with Crippen molar-refractivity contribution >= 4 is 11.0 Å². The summed E-state index contributed by atoms with van der Waals surface area (Å²) < 4.78 is 28.4. The van der Waals surface area contributed by atoms with Crippen molar-refractivity contribution in [2.75, 3.05) is 13.2 Å². The van der Waals surface area contributed by atoms with Crippen LogP contribution in [-0.2, 0) is 11.3 Å². The van der Waals surface area contributed by atoms with Gasteiger partial charge in [-0.3, -0.25) is 0 Å². The minimum atomic E-state index is -1.72. The molecule has 2 aromatic carbocycles. The molecule has 38 heavy (non-hydrogen) atoms. The third-order valence-electron chi connectivity index (χ3n) is 6.06. The van der Waals surface area contributed by atoms with Crippen molar-refractivity contribution in [1.82, 2.24) is 0 Å². The first-order chi connectivity index (χ1) is 18.4. The van der Waals surface area contributed by atoms with Gasteiger partial charge in [-0.05, 0) is 30.5 Å². The fraction of sp³-hybridized carbons (Fsp3) is 0.393. The summed E-state index contributed by atoms with van der Waals surface area (Å²) in [6.07, 6.45) is -2.03. The van der Waals surface area contributed by atoms with Crippen molar-refractivity contribution < 1.29 is 43.8 Å². The second kappa shape index (κ2) is 12.9. The van der Waals surface area contributed by atoms with E-state index in [4.69, 9.17) is 23.4 Å². The predicted molar refractivity (Wildman–Crippen MR) is 137 cm³/mol. The molecule has 1 fully saturated rings. The number of fused-ring (bicyclic) bond motifs is 1. The summed E-state index contributed by atoms with van der Waals surface area (Å²) in [5.74, 6) is 0.146. The number of allylic oxidation sites excluding steroid dienone is 1. The average Bonchev–Trinajstić information content (AvgIpc) is 2.93. The number of benzene rings is 2. The highest BCUT2D eigenvalue weighted by Crippen LogP contribution is 2.37. The Morgan fingerprint density at radius 2 is 1.74 bits per heavy atom. The lowest BCUT2D eigenvalue weighted by Crippen LogP contribution is -2.60. The van der Waals surface area contributed by atoms with E-state index in [2.05, 4.69) is 13.0 Å². The fourth-order valence-electron chi connectivity index (χ4n) is 4.01. The summed E-state index contributed by atoms with van der Waals surface area (Å²) in [6, 6.07) is 14.2. The first-order valence-electron chi connectivity index (χ1n) is 12.5. The molecule has 0 amide bonds. The molecule has 0 saturated carbocycles. The molecule has 1 aliphatic rings. The van der Waals surface area contributed by atoms with Gasteiger partial charge in [-0.2, -0.15) is 0 Å². The van der Waals surface area contributed by atoms with Crippen LogP contribution in [0, 0.1) is 0 Å². The monoisotopic (exact) mass is 528 g/mol. The fourth-order valence-corrected chi connectivity index (χ4v) is 4.01. The van der Waals surface area contributed by atoms with Crippen LogP contribution >= 0.6 is 0 Å². The topological polar surface area (TPSA) is 148 Å². The zero-order valence-electron chi connectivity index (χ0n) is 20.9. The number of ether oxygens (including phenoxy) is 4. The molecule has 3 aromatic rings. The van der Waals surface area contributed by atoms with E-state index in [1.54, 1.807) is 18.2 Å². The molecule has 5 atom stereocenters. The molecule has 10 nitrogen and oxygen atoms in total. The lowest BCUT2D eigenvalue weighted by atomic mass is 9.99. The standard InChI is InChI=1S/C28H32O10/c1-2-3-4-8-13-34-18-11-12-19-20(14-18)36-27(33)26(25(19)35-16-17-9-6-5-7-10-17)38-28-24(32)23(31)22(30)21(15-29)37-28/h3-7,9-12,14,21-24,28-32H,2,8,13,15-16H2,1H3/t21-,22-,23+,24+,28+/m1/s1. The summed E-state index contributed by atoms with van der Waals surface area (Å²) in [6.45, 7) is 1.94. The van der Waals surface area contributed by atoms with Gasteiger partial charge >= 0.3 is 5.63 Å². The summed E-state index contributed by atoms with van der Waals surface area (Å²) in [5, 5.41) is 40.5. The van der Waals surface area contributed by atoms with Gasteiger partial charge in [-0.25, -0.2) is 4.79 Å². The molecule has 0 radical (unpaired) electrons. The van der Waals surface area contributed by atoms with Crippen LogP contribution in [0.3, 0.4) is 0 Å². The van der Waals surface area contributed by atoms with Gasteiger partial charge < -0.3 is 43.8 Å². The van der Waals surface area contributed by atoms with Crippen LogP contribution in [0.5, 0.6) is 17.2 Å². The van der Waals surface area contributed by atoms with Crippen molar-refractivity contribution in [3.63, 3.8) is 0 Å². The number of hydrogen-bond donors (Lipinski definition) is 4. The Labute approximate surface area is 219 Å². The van der Waals surface area contributed by atoms with E-state index in [9.17, 15) is 25.2 Å². The second-order valence-corrected chi connectivity index (χ2v) is 8.81. The highest BCUT2D eigenvalue weighted by Gasteiger charge is 2.45. The maximum atomic E-state index is 13.1. The normalized spacial score (nSPS) is 23.6. The highest BCUT2D eigenvalue weighted by molar-refractivity contribution is 5.86. The lowest BCUT2D eigenvalue weighted by molar-refractivity contribution is -0.278. The van der Waals surface area contributed by atoms with Crippen LogP contribution in [0.1, 0.15) is 25.3 Å². The predicted octanol–water partition coefficient (Wildman–Crippen LogP) is 2.29. The molecule has 0 spiro atoms. The van der Waals surface area contributed by atoms with E-state index in [1.165, 1.54) is 0 Å². The summed E-state index contributed by atoms with van der Waals surface area (Å²) >= 11 is 0. The zero-order chi connectivity index (χ0) is 27.1. The van der Waals surface area contributed by atoms with Crippen molar-refractivity contribution in [2.45, 2.75) is 57.1 Å². The molecule has 1 saturated heterocycles. The Bertz CT molecular complexity index is 1270. The summed E-state index contributed by atoms with van der Waals surface area (Å²) in [5.41, 5.74) is 0.106. The Morgan fingerprint density at radius 1 is 0.947 bits per heavy atom. The first-order valence-corrected chi connectivity index (χ1v) is 12.5. The molecule has 204 valence electrons. The highest BCUT2D eigenvalue weighted by atomic mass is 16.7. The Morgan fingerprint density at radius 3 is 2.47 bits per heavy atom. The minimum absolute atomic E-state index is 0.0366. The number of aliphatic hydroxyl groups excluding tert-OH is 4. The average molecular weight is 529 g/mol. The van der Waals surface area contributed by atoms with Crippen LogP contribution in [0.25, 0.3) is 11.0 Å². The van der Waals surface area contributed by atoms with Crippen molar-refractivity contribution in [3.8, 4) is 17.2 Å². The second-order valence-electron chi connectivity index (χ2n) is 8.81. The third kappa shape index (κ3) is 6.35. The van der Waals surface area contributed by atoms with Gasteiger partial charge in [0.2, 0.25) is 6.29 Å². The van der Waals surface area contributed by atoms with Crippen LogP contribution < -0.4 is 19.8 Å². The van der Waals surface area contributed by atoms with Gasteiger partial charge in [0.15, 0.2) is 5.75 Å². The molecule has 0 bridgehead atoms. The maximum absolute atomic E-state index is 13.1. The quantitative estimate of drug-likeness (QED) is 0.166. The van der Waals surface area contributed by atoms with Crippen LogP contribution in [-0.4, -0.2) is 64.3 Å². The van der Waals surface area contributed by atoms with E-state index in [0.717, 1.165) is 18.4 Å². The van der Waals surface area contributed by atoms with Crippen molar-refractivity contribution in [1.29, 1.82) is 0 Å². The molecule has 0 unspecified atom stereocenters. The van der Waals surface area contributed by atoms with Crippen LogP contribution in [0.4, 0.5) is 0 Å². The molecule has 10 heteroatoms. The lowest BCUT2D eigenvalue weighted by Gasteiger charge is -2.39. The third-order valence-corrected chi connectivity index (χ3v) is 6.06. The van der Waals surface area contributed by atoms with Crippen LogP contribution in [0.2, 0.25) is 0 Å². The smallest absolute Gasteiger partial charge is 0.383 e. The van der Waals surface area contributed by atoms with Gasteiger partial charge in [0.25, 0.3) is 5.75 Å². The van der Waals surface area contributed by atoms with Gasteiger partial charge in [0, 0.05) is 6.07 Å². The molecule has 0 aliphatic carbocycles. The molecule has 2 heterocycles. The Hall–Kier alpha value is -3.41. The number of hydrogen-bond acceptors (Lipinski definition) is 10. The molecule has 1 aliphatic heterocycles. The zero-order valence-corrected chi connectivity index (χ0v) is 20.9. The largest absolute Gasteiger partial charge is 0.493 e. The Balaban J connectivity index is 1.67. The van der Waals surface area contributed by atoms with Gasteiger partial charge in [-0.1, -0.05) is 49.4 Å².